The Balaban J connectivity index is 2.48. The van der Waals surface area contributed by atoms with E-state index in [1.807, 2.05) is 18.2 Å². The molecule has 0 aliphatic rings. The molecule has 0 aromatic heterocycles. The van der Waals surface area contributed by atoms with Crippen LogP contribution in [0.15, 0.2) is 36.4 Å². The van der Waals surface area contributed by atoms with E-state index in [9.17, 15) is 0 Å². The number of halogens is 2. The number of rotatable bonds is 5. The Morgan fingerprint density at radius 3 is 2.62 bits per heavy atom. The zero-order valence-electron chi connectivity index (χ0n) is 12.4. The minimum absolute atomic E-state index is 0.130. The first-order chi connectivity index (χ1) is 10.1. The van der Waals surface area contributed by atoms with Crippen molar-refractivity contribution in [3.63, 3.8) is 0 Å². The number of nitrogens with one attached hydrogen (secondary N) is 1. The first kappa shape index (κ1) is 16.6. The van der Waals surface area contributed by atoms with Crippen LogP contribution in [0.5, 0.6) is 5.75 Å². The summed E-state index contributed by atoms with van der Waals surface area (Å²) < 4.78 is 6.55. The molecule has 0 bridgehead atoms. The SMILES string of the molecule is CCNC(c1ccc(OC)c(C)c1)c1cc(Cl)ccc1I. The number of methoxy groups -OCH3 is 1. The summed E-state index contributed by atoms with van der Waals surface area (Å²) in [5.41, 5.74) is 3.56. The molecule has 0 saturated carbocycles. The Hall–Kier alpha value is -0.780. The van der Waals surface area contributed by atoms with Gasteiger partial charge in [0.15, 0.2) is 0 Å². The van der Waals surface area contributed by atoms with Crippen LogP contribution in [0.25, 0.3) is 0 Å². The summed E-state index contributed by atoms with van der Waals surface area (Å²) in [5, 5.41) is 4.31. The van der Waals surface area contributed by atoms with E-state index in [-0.39, 0.29) is 6.04 Å². The first-order valence-electron chi connectivity index (χ1n) is 6.89. The van der Waals surface area contributed by atoms with Crippen LogP contribution in [-0.2, 0) is 0 Å². The van der Waals surface area contributed by atoms with Crippen molar-refractivity contribution in [2.45, 2.75) is 19.9 Å². The molecule has 0 fully saturated rings. The summed E-state index contributed by atoms with van der Waals surface area (Å²) in [6, 6.07) is 12.4. The molecule has 0 saturated heterocycles. The highest BCUT2D eigenvalue weighted by atomic mass is 127. The quantitative estimate of drug-likeness (QED) is 0.697. The lowest BCUT2D eigenvalue weighted by atomic mass is 9.97. The van der Waals surface area contributed by atoms with Crippen LogP contribution >= 0.6 is 34.2 Å². The fourth-order valence-corrected chi connectivity index (χ4v) is 3.26. The molecule has 1 atom stereocenters. The van der Waals surface area contributed by atoms with Crippen LogP contribution in [0.4, 0.5) is 0 Å². The van der Waals surface area contributed by atoms with E-state index in [0.29, 0.717) is 0 Å². The second-order valence-corrected chi connectivity index (χ2v) is 6.48. The van der Waals surface area contributed by atoms with Gasteiger partial charge in [0.1, 0.15) is 5.75 Å². The van der Waals surface area contributed by atoms with Gasteiger partial charge in [0.2, 0.25) is 0 Å². The van der Waals surface area contributed by atoms with Gasteiger partial charge in [0.05, 0.1) is 13.2 Å². The summed E-state index contributed by atoms with van der Waals surface area (Å²) in [7, 11) is 1.70. The monoisotopic (exact) mass is 415 g/mol. The van der Waals surface area contributed by atoms with E-state index in [0.717, 1.165) is 22.9 Å². The van der Waals surface area contributed by atoms with Gasteiger partial charge in [-0.3, -0.25) is 0 Å². The van der Waals surface area contributed by atoms with E-state index in [4.69, 9.17) is 16.3 Å². The molecule has 2 rings (SSSR count). The van der Waals surface area contributed by atoms with Gasteiger partial charge in [-0.15, -0.1) is 0 Å². The third kappa shape index (κ3) is 3.90. The third-order valence-electron chi connectivity index (χ3n) is 3.43. The van der Waals surface area contributed by atoms with E-state index in [1.54, 1.807) is 7.11 Å². The molecule has 0 aliphatic heterocycles. The van der Waals surface area contributed by atoms with E-state index < -0.39 is 0 Å². The third-order valence-corrected chi connectivity index (χ3v) is 4.65. The normalized spacial score (nSPS) is 12.2. The average Bonchev–Trinajstić information content (AvgIpc) is 2.47. The van der Waals surface area contributed by atoms with Crippen molar-refractivity contribution in [2.75, 3.05) is 13.7 Å². The molecule has 0 aliphatic carbocycles. The fourth-order valence-electron chi connectivity index (χ4n) is 2.43. The maximum absolute atomic E-state index is 6.18. The van der Waals surface area contributed by atoms with Gasteiger partial charge in [-0.2, -0.15) is 0 Å². The number of hydrogen-bond acceptors (Lipinski definition) is 2. The van der Waals surface area contributed by atoms with Crippen molar-refractivity contribution in [2.24, 2.45) is 0 Å². The zero-order chi connectivity index (χ0) is 15.4. The topological polar surface area (TPSA) is 21.3 Å². The molecule has 2 aromatic rings. The van der Waals surface area contributed by atoms with Gasteiger partial charge in [0.25, 0.3) is 0 Å². The van der Waals surface area contributed by atoms with Crippen LogP contribution in [0.2, 0.25) is 5.02 Å². The number of benzene rings is 2. The molecule has 1 unspecified atom stereocenters. The summed E-state index contributed by atoms with van der Waals surface area (Å²) in [5.74, 6) is 0.912. The summed E-state index contributed by atoms with van der Waals surface area (Å²) in [6.45, 7) is 5.06. The highest BCUT2D eigenvalue weighted by Gasteiger charge is 2.17. The molecule has 1 N–H and O–H groups in total. The molecule has 0 radical (unpaired) electrons. The highest BCUT2D eigenvalue weighted by molar-refractivity contribution is 14.1. The highest BCUT2D eigenvalue weighted by Crippen LogP contribution is 2.31. The molecule has 2 nitrogen and oxygen atoms in total. The predicted molar refractivity (Wildman–Crippen MR) is 97.4 cm³/mol. The molecule has 4 heteroatoms. The Kier molecular flexibility index (Phi) is 5.90. The Morgan fingerprint density at radius 2 is 2.00 bits per heavy atom. The van der Waals surface area contributed by atoms with Gasteiger partial charge in [-0.25, -0.2) is 0 Å². The van der Waals surface area contributed by atoms with Crippen LogP contribution < -0.4 is 10.1 Å². The van der Waals surface area contributed by atoms with Gasteiger partial charge < -0.3 is 10.1 Å². The minimum atomic E-state index is 0.130. The zero-order valence-corrected chi connectivity index (χ0v) is 15.3. The van der Waals surface area contributed by atoms with Crippen LogP contribution in [-0.4, -0.2) is 13.7 Å². The van der Waals surface area contributed by atoms with Gasteiger partial charge in [-0.05, 0) is 77.0 Å². The van der Waals surface area contributed by atoms with E-state index in [1.165, 1.54) is 14.7 Å². The maximum atomic E-state index is 6.18. The lowest BCUT2D eigenvalue weighted by molar-refractivity contribution is 0.411. The van der Waals surface area contributed by atoms with Crippen molar-refractivity contribution in [1.29, 1.82) is 0 Å². The molecule has 2 aromatic carbocycles. The summed E-state index contributed by atoms with van der Waals surface area (Å²) in [4.78, 5) is 0. The van der Waals surface area contributed by atoms with Crippen molar-refractivity contribution in [1.82, 2.24) is 5.32 Å². The standard InChI is InChI=1S/C17H19ClINO/c1-4-20-17(14-10-13(18)6-7-15(14)19)12-5-8-16(21-3)11(2)9-12/h5-10,17,20H,4H2,1-3H3. The molecular formula is C17H19ClINO. The number of aryl methyl sites for hydroxylation is 1. The average molecular weight is 416 g/mol. The fraction of sp³-hybridized carbons (Fsp3) is 0.294. The van der Waals surface area contributed by atoms with E-state index in [2.05, 4.69) is 60.0 Å². The smallest absolute Gasteiger partial charge is 0.121 e. The van der Waals surface area contributed by atoms with Crippen molar-refractivity contribution in [3.8, 4) is 5.75 Å². The molecule has 21 heavy (non-hydrogen) atoms. The molecular weight excluding hydrogens is 397 g/mol. The summed E-state index contributed by atoms with van der Waals surface area (Å²) >= 11 is 8.53. The largest absolute Gasteiger partial charge is 0.496 e. The summed E-state index contributed by atoms with van der Waals surface area (Å²) in [6.07, 6.45) is 0. The minimum Gasteiger partial charge on any atom is -0.496 e. The first-order valence-corrected chi connectivity index (χ1v) is 8.35. The van der Waals surface area contributed by atoms with Crippen LogP contribution in [0.1, 0.15) is 29.7 Å². The molecule has 0 amide bonds. The Bertz CT molecular complexity index is 630. The second kappa shape index (κ2) is 7.47. The van der Waals surface area contributed by atoms with Crippen molar-refractivity contribution < 1.29 is 4.74 Å². The lowest BCUT2D eigenvalue weighted by Crippen LogP contribution is -2.23. The van der Waals surface area contributed by atoms with Gasteiger partial charge in [-0.1, -0.05) is 30.7 Å². The predicted octanol–water partition coefficient (Wildman–Crippen LogP) is 4.96. The van der Waals surface area contributed by atoms with Crippen LogP contribution in [0.3, 0.4) is 0 Å². The van der Waals surface area contributed by atoms with Crippen molar-refractivity contribution in [3.05, 3.63) is 61.7 Å². The maximum Gasteiger partial charge on any atom is 0.121 e. The molecule has 0 spiro atoms. The van der Waals surface area contributed by atoms with Crippen LogP contribution in [0, 0.1) is 10.5 Å². The lowest BCUT2D eigenvalue weighted by Gasteiger charge is -2.21. The van der Waals surface area contributed by atoms with Gasteiger partial charge >= 0.3 is 0 Å². The van der Waals surface area contributed by atoms with Gasteiger partial charge in [0, 0.05) is 8.59 Å². The number of ether oxygens (including phenoxy) is 1. The molecule has 112 valence electrons. The van der Waals surface area contributed by atoms with Crippen molar-refractivity contribution >= 4 is 34.2 Å². The number of hydrogen-bond donors (Lipinski definition) is 1. The molecule has 0 heterocycles. The Labute approximate surface area is 145 Å². The van der Waals surface area contributed by atoms with E-state index >= 15 is 0 Å². The second-order valence-electron chi connectivity index (χ2n) is 4.89. The Morgan fingerprint density at radius 1 is 1.24 bits per heavy atom.